The number of aliphatic hydroxyl groups excluding tert-OH is 4. The van der Waals surface area contributed by atoms with Crippen molar-refractivity contribution in [2.45, 2.75) is 108 Å². The third-order valence-corrected chi connectivity index (χ3v) is 12.2. The number of fused-ring (bicyclic) bond motifs is 1. The molecule has 0 spiro atoms. The van der Waals surface area contributed by atoms with Gasteiger partial charge in [-0.2, -0.15) is 0 Å². The van der Waals surface area contributed by atoms with Crippen molar-refractivity contribution in [3.8, 4) is 0 Å². The molecule has 2 aliphatic heterocycles. The van der Waals surface area contributed by atoms with Crippen LogP contribution in [-0.2, 0) is 38.1 Å². The molecule has 19 heteroatoms. The Morgan fingerprint density at radius 1 is 0.927 bits per heavy atom. The molecule has 3 aliphatic rings. The number of aliphatic hydroxyl groups is 4. The Morgan fingerprint density at radius 2 is 1.64 bits per heavy atom. The molecule has 4 rings (SSSR count). The molecular weight excluding hydrogens is 761 g/mol. The molecule has 1 aliphatic carbocycles. The fraction of sp³-hybridized carbons (Fsp3) is 0.639. The van der Waals surface area contributed by atoms with Gasteiger partial charge in [0.1, 0.15) is 50.3 Å². The van der Waals surface area contributed by atoms with Gasteiger partial charge in [-0.25, -0.2) is 0 Å². The van der Waals surface area contributed by atoms with Gasteiger partial charge in [0.05, 0.1) is 17.3 Å². The van der Waals surface area contributed by atoms with E-state index in [1.165, 1.54) is 21.6 Å². The van der Waals surface area contributed by atoms with E-state index in [1.54, 1.807) is 31.0 Å². The molecule has 0 radical (unpaired) electrons. The molecule has 2 fully saturated rings. The van der Waals surface area contributed by atoms with Crippen LogP contribution in [0.15, 0.2) is 38.8 Å². The summed E-state index contributed by atoms with van der Waals surface area (Å²) in [6.45, 7) is 2.90. The number of esters is 3. The van der Waals surface area contributed by atoms with Crippen molar-refractivity contribution >= 4 is 51.8 Å². The highest BCUT2D eigenvalue weighted by atomic mass is 33.1. The fourth-order valence-electron chi connectivity index (χ4n) is 6.21. The van der Waals surface area contributed by atoms with Crippen molar-refractivity contribution < 1.29 is 63.3 Å². The van der Waals surface area contributed by atoms with Crippen LogP contribution in [-0.4, -0.2) is 143 Å². The molecule has 0 aromatic heterocycles. The van der Waals surface area contributed by atoms with Crippen molar-refractivity contribution in [1.82, 2.24) is 9.80 Å². The van der Waals surface area contributed by atoms with Crippen LogP contribution in [0, 0.1) is 0 Å². The first kappa shape index (κ1) is 44.1. The van der Waals surface area contributed by atoms with E-state index in [1.807, 2.05) is 13.0 Å². The van der Waals surface area contributed by atoms with Crippen molar-refractivity contribution in [2.75, 3.05) is 39.2 Å². The average molecular weight is 811 g/mol. The summed E-state index contributed by atoms with van der Waals surface area (Å²) in [7, 11) is 4.64. The zero-order valence-electron chi connectivity index (χ0n) is 31.1. The number of carbonyl (C=O) groups excluding carboxylic acids is 5. The summed E-state index contributed by atoms with van der Waals surface area (Å²) >= 11 is 0. The summed E-state index contributed by atoms with van der Waals surface area (Å²) in [5.74, 6) is -1.10. The Labute approximate surface area is 326 Å². The number of rotatable bonds is 19. The van der Waals surface area contributed by atoms with Gasteiger partial charge in [-0.15, -0.1) is 0 Å². The molecule has 17 nitrogen and oxygen atoms in total. The van der Waals surface area contributed by atoms with Crippen LogP contribution in [0.1, 0.15) is 75.6 Å². The van der Waals surface area contributed by atoms with Crippen molar-refractivity contribution in [3.05, 3.63) is 45.1 Å². The van der Waals surface area contributed by atoms with E-state index in [-0.39, 0.29) is 50.3 Å². The monoisotopic (exact) mass is 810 g/mol. The molecule has 1 aromatic rings. The first-order valence-electron chi connectivity index (χ1n) is 18.2. The summed E-state index contributed by atoms with van der Waals surface area (Å²) in [6, 6.07) is 5.37. The second-order valence-corrected chi connectivity index (χ2v) is 16.0. The number of allylic oxidation sites excluding steroid dienone is 1. The fourth-order valence-corrected chi connectivity index (χ4v) is 8.27. The maximum absolute atomic E-state index is 13.1. The molecular formula is C36H50N4O13S2. The first-order valence-corrected chi connectivity index (χ1v) is 20.5. The van der Waals surface area contributed by atoms with Crippen LogP contribution < -0.4 is 10.7 Å². The lowest BCUT2D eigenvalue weighted by Gasteiger charge is -2.37. The number of nitrogens with zero attached hydrogens (tertiary/aromatic N) is 4. The highest BCUT2D eigenvalue weighted by Gasteiger charge is 2.43. The normalized spacial score (nSPS) is 25.0. The minimum atomic E-state index is -1.79. The minimum absolute atomic E-state index is 0.00438. The second-order valence-electron chi connectivity index (χ2n) is 13.3. The third-order valence-electron chi connectivity index (χ3n) is 9.50. The van der Waals surface area contributed by atoms with Crippen LogP contribution >= 0.6 is 21.6 Å². The largest absolute Gasteiger partial charge is 0.465 e. The van der Waals surface area contributed by atoms with Crippen LogP contribution in [0.5, 0.6) is 0 Å². The number of ether oxygens (including phenoxy) is 4. The molecule has 1 aromatic carbocycles. The van der Waals surface area contributed by atoms with Gasteiger partial charge in [0.2, 0.25) is 6.41 Å². The highest BCUT2D eigenvalue weighted by Crippen LogP contribution is 2.35. The molecule has 2 heterocycles. The van der Waals surface area contributed by atoms with Gasteiger partial charge in [0, 0.05) is 54.3 Å². The lowest BCUT2D eigenvalue weighted by atomic mass is 9.91. The second kappa shape index (κ2) is 21.6. The predicted molar refractivity (Wildman–Crippen MR) is 198 cm³/mol. The molecule has 2 amide bonds. The van der Waals surface area contributed by atoms with Gasteiger partial charge in [-0.1, -0.05) is 28.5 Å². The maximum Gasteiger partial charge on any atom is 0.326 e. The van der Waals surface area contributed by atoms with Crippen molar-refractivity contribution in [3.63, 3.8) is 0 Å². The lowest BCUT2D eigenvalue weighted by molar-refractivity contribution is -0.287. The van der Waals surface area contributed by atoms with E-state index in [4.69, 9.17) is 18.9 Å². The third kappa shape index (κ3) is 12.7. The number of benzene rings is 1. The molecule has 4 N–H and O–H groups in total. The Bertz CT molecular complexity index is 1670. The zero-order chi connectivity index (χ0) is 40.1. The molecule has 0 bridgehead atoms. The molecule has 55 heavy (non-hydrogen) atoms. The van der Waals surface area contributed by atoms with Gasteiger partial charge in [-0.05, 0) is 57.2 Å². The van der Waals surface area contributed by atoms with E-state index < -0.39 is 61.8 Å². The average Bonchev–Trinajstić information content (AvgIpc) is 3.66. The Morgan fingerprint density at radius 3 is 2.35 bits per heavy atom. The molecule has 1 saturated carbocycles. The van der Waals surface area contributed by atoms with Crippen LogP contribution in [0.2, 0.25) is 0 Å². The minimum Gasteiger partial charge on any atom is -0.465 e. The Balaban J connectivity index is 1.14. The van der Waals surface area contributed by atoms with Gasteiger partial charge in [0.15, 0.2) is 6.29 Å². The molecule has 5 atom stereocenters. The summed E-state index contributed by atoms with van der Waals surface area (Å²) in [6.07, 6.45) is -4.76. The smallest absolute Gasteiger partial charge is 0.326 e. The van der Waals surface area contributed by atoms with Crippen LogP contribution in [0.25, 0.3) is 0 Å². The van der Waals surface area contributed by atoms with E-state index >= 15 is 0 Å². The summed E-state index contributed by atoms with van der Waals surface area (Å²) in [5, 5.41) is 40.7. The summed E-state index contributed by atoms with van der Waals surface area (Å²) in [5.41, 5.74) is 0.995. The van der Waals surface area contributed by atoms with E-state index in [0.717, 1.165) is 21.4 Å². The van der Waals surface area contributed by atoms with Crippen molar-refractivity contribution in [2.24, 2.45) is 9.98 Å². The van der Waals surface area contributed by atoms with Gasteiger partial charge in [-0.3, -0.25) is 34.0 Å². The SMILES string of the molecule is CCSS/C(CCOC(=O)CCCC(=O)OC1CCC(N(C)C(=O)c2ccc3c(c2)=NCN=3)CC1)=C(/C)N(C=O)CC(=O)OCC1OC(O)C(O)C(O)C1O. The van der Waals surface area contributed by atoms with Gasteiger partial charge < -0.3 is 49.2 Å². The standard InChI is InChI=1S/C36H50N4O13S2/c1-4-54-55-28(21(2)40(20-41)17-31(44)51-18-27-32(45)33(46)34(47)36(49)53-27)14-15-50-29(42)6-5-7-30(43)52-24-11-9-23(10-12-24)39(3)35(48)22-8-13-25-26(16-22)38-19-37-25/h8,13,16,20,23-24,27,32-34,36,45-47,49H,4-7,9-12,14-15,17-19H2,1-3H3/b28-21-. The number of carbonyl (C=O) groups is 5. The number of amides is 2. The van der Waals surface area contributed by atoms with Crippen LogP contribution in [0.3, 0.4) is 0 Å². The molecule has 1 saturated heterocycles. The summed E-state index contributed by atoms with van der Waals surface area (Å²) < 4.78 is 21.1. The van der Waals surface area contributed by atoms with Gasteiger partial charge in [0.25, 0.3) is 5.91 Å². The number of hydrogen-bond donors (Lipinski definition) is 4. The Hall–Kier alpha value is -3.59. The predicted octanol–water partition coefficient (Wildman–Crippen LogP) is 0.361. The summed E-state index contributed by atoms with van der Waals surface area (Å²) in [4.78, 5) is 74.6. The van der Waals surface area contributed by atoms with E-state index in [0.29, 0.717) is 54.9 Å². The highest BCUT2D eigenvalue weighted by molar-refractivity contribution is 8.78. The van der Waals surface area contributed by atoms with Crippen molar-refractivity contribution in [1.29, 1.82) is 0 Å². The number of hydrogen-bond acceptors (Lipinski definition) is 17. The Kier molecular flexibility index (Phi) is 17.4. The quantitative estimate of drug-likeness (QED) is 0.0640. The van der Waals surface area contributed by atoms with Crippen LogP contribution in [0.4, 0.5) is 0 Å². The maximum atomic E-state index is 13.1. The molecule has 304 valence electrons. The lowest BCUT2D eigenvalue weighted by Crippen LogP contribution is -2.58. The van der Waals surface area contributed by atoms with E-state index in [2.05, 4.69) is 9.98 Å². The van der Waals surface area contributed by atoms with Gasteiger partial charge >= 0.3 is 17.9 Å². The topological polar surface area (TPSA) is 234 Å². The molecule has 5 unspecified atom stereocenters. The first-order chi connectivity index (χ1) is 26.3. The van der Waals surface area contributed by atoms with E-state index in [9.17, 15) is 44.4 Å². The zero-order valence-corrected chi connectivity index (χ0v) is 32.7.